The van der Waals surface area contributed by atoms with E-state index in [2.05, 4.69) is 4.98 Å². The summed E-state index contributed by atoms with van der Waals surface area (Å²) in [5, 5.41) is 0. The molecule has 0 amide bonds. The van der Waals surface area contributed by atoms with Gasteiger partial charge < -0.3 is 10.6 Å². The van der Waals surface area contributed by atoms with Gasteiger partial charge >= 0.3 is 0 Å². The molecule has 1 aliphatic rings. The van der Waals surface area contributed by atoms with Crippen molar-refractivity contribution in [3.63, 3.8) is 0 Å². The van der Waals surface area contributed by atoms with Gasteiger partial charge in [0.25, 0.3) is 6.43 Å². The minimum absolute atomic E-state index is 0.252. The summed E-state index contributed by atoms with van der Waals surface area (Å²) in [6.07, 6.45) is -3.54. The maximum atomic E-state index is 13.1. The number of hydrogen-bond acceptors (Lipinski definition) is 4. The normalized spacial score (nSPS) is 19.2. The quantitative estimate of drug-likeness (QED) is 0.833. The Hall–Kier alpha value is -1.50. The first-order valence-electron chi connectivity index (χ1n) is 5.70. The van der Waals surface area contributed by atoms with Gasteiger partial charge in [-0.3, -0.25) is 4.90 Å². The van der Waals surface area contributed by atoms with Gasteiger partial charge in [-0.1, -0.05) is 0 Å². The van der Waals surface area contributed by atoms with Crippen LogP contribution in [0.25, 0.3) is 0 Å². The highest BCUT2D eigenvalue weighted by atomic mass is 19.3. The average molecular weight is 260 g/mol. The second-order valence-electron chi connectivity index (χ2n) is 4.18. The van der Waals surface area contributed by atoms with Gasteiger partial charge in [-0.15, -0.1) is 0 Å². The summed E-state index contributed by atoms with van der Waals surface area (Å²) >= 11 is 0. The summed E-state index contributed by atoms with van der Waals surface area (Å²) in [6, 6.07) is 3.39. The molecule has 1 fully saturated rings. The Labute approximate surface area is 103 Å². The number of alkyl halides is 3. The van der Waals surface area contributed by atoms with Crippen LogP contribution in [0.1, 0.15) is 0 Å². The van der Waals surface area contributed by atoms with Gasteiger partial charge in [0.05, 0.1) is 0 Å². The fraction of sp³-hybridized carbons (Fsp3) is 0.545. The van der Waals surface area contributed by atoms with Gasteiger partial charge in [-0.05, 0) is 6.07 Å². The van der Waals surface area contributed by atoms with Crippen molar-refractivity contribution in [2.45, 2.75) is 12.7 Å². The van der Waals surface area contributed by atoms with Gasteiger partial charge in [-0.25, -0.2) is 18.2 Å². The molecule has 0 aromatic carbocycles. The Bertz CT molecular complexity index is 394. The van der Waals surface area contributed by atoms with Crippen molar-refractivity contribution in [1.82, 2.24) is 9.88 Å². The Morgan fingerprint density at radius 2 is 1.83 bits per heavy atom. The lowest BCUT2D eigenvalue weighted by molar-refractivity contribution is -0.0505. The van der Waals surface area contributed by atoms with Crippen molar-refractivity contribution in [3.8, 4) is 0 Å². The van der Waals surface area contributed by atoms with Crippen LogP contribution in [0.4, 0.5) is 24.7 Å². The van der Waals surface area contributed by atoms with E-state index >= 15 is 0 Å². The van der Waals surface area contributed by atoms with E-state index < -0.39 is 12.7 Å². The summed E-state index contributed by atoms with van der Waals surface area (Å²) in [7, 11) is 0. The maximum Gasteiger partial charge on any atom is 0.282 e. The molecule has 2 N–H and O–H groups in total. The molecule has 1 aromatic rings. The summed E-state index contributed by atoms with van der Waals surface area (Å²) in [4.78, 5) is 7.21. The predicted molar refractivity (Wildman–Crippen MR) is 63.3 cm³/mol. The maximum absolute atomic E-state index is 13.1. The Kier molecular flexibility index (Phi) is 3.90. The standard InChI is InChI=1S/C11H15F3N4/c12-10(13)11(14)18-5-3-17(4-6-18)9-7-8(15)1-2-16-9/h1-2,7,10-11H,3-6H2,(H2,15,16). The topological polar surface area (TPSA) is 45.4 Å². The van der Waals surface area contributed by atoms with E-state index in [0.29, 0.717) is 24.6 Å². The van der Waals surface area contributed by atoms with Crippen molar-refractivity contribution in [1.29, 1.82) is 0 Å². The number of nitrogens with two attached hydrogens (primary N) is 1. The lowest BCUT2D eigenvalue weighted by atomic mass is 10.3. The highest BCUT2D eigenvalue weighted by molar-refractivity contribution is 5.50. The summed E-state index contributed by atoms with van der Waals surface area (Å²) < 4.78 is 37.6. The molecule has 4 nitrogen and oxygen atoms in total. The van der Waals surface area contributed by atoms with Crippen LogP contribution >= 0.6 is 0 Å². The van der Waals surface area contributed by atoms with E-state index in [4.69, 9.17) is 5.73 Å². The van der Waals surface area contributed by atoms with E-state index in [9.17, 15) is 13.2 Å². The molecule has 7 heteroatoms. The van der Waals surface area contributed by atoms with Crippen LogP contribution in [0.15, 0.2) is 18.3 Å². The summed E-state index contributed by atoms with van der Waals surface area (Å²) in [6.45, 7) is 1.43. The van der Waals surface area contributed by atoms with Crippen LogP contribution in [0, 0.1) is 0 Å². The van der Waals surface area contributed by atoms with Crippen LogP contribution in [0.5, 0.6) is 0 Å². The second kappa shape index (κ2) is 5.43. The van der Waals surface area contributed by atoms with E-state index in [-0.39, 0.29) is 13.1 Å². The first-order valence-corrected chi connectivity index (χ1v) is 5.70. The van der Waals surface area contributed by atoms with Gasteiger partial charge in [-0.2, -0.15) is 0 Å². The van der Waals surface area contributed by atoms with Crippen LogP contribution in [-0.4, -0.2) is 48.8 Å². The largest absolute Gasteiger partial charge is 0.399 e. The zero-order valence-electron chi connectivity index (χ0n) is 9.77. The second-order valence-corrected chi connectivity index (χ2v) is 4.18. The van der Waals surface area contributed by atoms with Crippen molar-refractivity contribution < 1.29 is 13.2 Å². The van der Waals surface area contributed by atoms with Crippen LogP contribution in [0.3, 0.4) is 0 Å². The molecular formula is C11H15F3N4. The highest BCUT2D eigenvalue weighted by Gasteiger charge is 2.30. The third kappa shape index (κ3) is 2.84. The molecular weight excluding hydrogens is 245 g/mol. The molecule has 1 unspecified atom stereocenters. The molecule has 1 aromatic heterocycles. The van der Waals surface area contributed by atoms with Crippen molar-refractivity contribution >= 4 is 11.5 Å². The van der Waals surface area contributed by atoms with E-state index in [0.717, 1.165) is 4.90 Å². The van der Waals surface area contributed by atoms with E-state index in [1.807, 2.05) is 4.90 Å². The zero-order chi connectivity index (χ0) is 13.1. The molecule has 0 radical (unpaired) electrons. The zero-order valence-corrected chi connectivity index (χ0v) is 9.77. The first-order chi connectivity index (χ1) is 8.58. The Morgan fingerprint density at radius 1 is 1.17 bits per heavy atom. The van der Waals surface area contributed by atoms with Crippen LogP contribution in [0.2, 0.25) is 0 Å². The van der Waals surface area contributed by atoms with Crippen LogP contribution < -0.4 is 10.6 Å². The fourth-order valence-corrected chi connectivity index (χ4v) is 1.96. The molecule has 0 spiro atoms. The summed E-state index contributed by atoms with van der Waals surface area (Å²) in [5.74, 6) is 0.696. The summed E-state index contributed by atoms with van der Waals surface area (Å²) in [5.41, 5.74) is 6.24. The van der Waals surface area contributed by atoms with E-state index in [1.165, 1.54) is 0 Å². The van der Waals surface area contributed by atoms with Gasteiger partial charge in [0, 0.05) is 44.1 Å². The number of hydrogen-bond donors (Lipinski definition) is 1. The lowest BCUT2D eigenvalue weighted by Crippen LogP contribution is -2.51. The fourth-order valence-electron chi connectivity index (χ4n) is 1.96. The molecule has 2 rings (SSSR count). The number of piperazine rings is 1. The number of aromatic nitrogens is 1. The van der Waals surface area contributed by atoms with Gasteiger partial charge in [0.1, 0.15) is 5.82 Å². The number of nitrogen functional groups attached to an aromatic ring is 1. The molecule has 1 saturated heterocycles. The van der Waals surface area contributed by atoms with Crippen LogP contribution in [-0.2, 0) is 0 Å². The number of anilines is 2. The lowest BCUT2D eigenvalue weighted by Gasteiger charge is -2.36. The molecule has 0 saturated carbocycles. The molecule has 1 aliphatic heterocycles. The Morgan fingerprint density at radius 3 is 2.39 bits per heavy atom. The molecule has 100 valence electrons. The first kappa shape index (κ1) is 12.9. The molecule has 0 aliphatic carbocycles. The molecule has 2 heterocycles. The Balaban J connectivity index is 1.94. The SMILES string of the molecule is Nc1ccnc(N2CCN(C(F)C(F)F)CC2)c1. The molecule has 0 bridgehead atoms. The molecule has 18 heavy (non-hydrogen) atoms. The number of nitrogens with zero attached hydrogens (tertiary/aromatic N) is 3. The van der Waals surface area contributed by atoms with E-state index in [1.54, 1.807) is 18.3 Å². The smallest absolute Gasteiger partial charge is 0.282 e. The number of halogens is 3. The predicted octanol–water partition coefficient (Wildman–Crippen LogP) is 1.35. The monoisotopic (exact) mass is 260 g/mol. The average Bonchev–Trinajstić information content (AvgIpc) is 2.38. The third-order valence-corrected chi connectivity index (χ3v) is 2.96. The van der Waals surface area contributed by atoms with Gasteiger partial charge in [0.2, 0.25) is 6.30 Å². The highest BCUT2D eigenvalue weighted by Crippen LogP contribution is 2.19. The van der Waals surface area contributed by atoms with Crippen molar-refractivity contribution in [2.75, 3.05) is 36.8 Å². The minimum atomic E-state index is -2.96. The minimum Gasteiger partial charge on any atom is -0.399 e. The van der Waals surface area contributed by atoms with Crippen molar-refractivity contribution in [2.24, 2.45) is 0 Å². The van der Waals surface area contributed by atoms with Gasteiger partial charge in [0.15, 0.2) is 0 Å². The molecule has 1 atom stereocenters. The van der Waals surface area contributed by atoms with Crippen molar-refractivity contribution in [3.05, 3.63) is 18.3 Å². The number of pyridine rings is 1. The number of rotatable bonds is 3. The third-order valence-electron chi connectivity index (χ3n) is 2.96.